The largest absolute Gasteiger partial charge is 0.354 e. The quantitative estimate of drug-likeness (QED) is 0.860. The van der Waals surface area contributed by atoms with Gasteiger partial charge in [0.2, 0.25) is 5.91 Å². The Labute approximate surface area is 134 Å². The molecule has 0 atom stereocenters. The van der Waals surface area contributed by atoms with E-state index in [9.17, 15) is 9.59 Å². The zero-order valence-corrected chi connectivity index (χ0v) is 12.8. The third-order valence-corrected chi connectivity index (χ3v) is 3.31. The molecule has 0 saturated heterocycles. The molecular formula is C17H17ClN2O2. The van der Waals surface area contributed by atoms with Gasteiger partial charge in [-0.15, -0.1) is 0 Å². The second kappa shape index (κ2) is 8.20. The minimum atomic E-state index is -0.259. The molecule has 0 spiro atoms. The van der Waals surface area contributed by atoms with Crippen LogP contribution in [0.15, 0.2) is 54.6 Å². The third kappa shape index (κ3) is 5.22. The number of amides is 2. The number of carbonyl (C=O) groups is 2. The fraction of sp³-hybridized carbons (Fsp3) is 0.176. The van der Waals surface area contributed by atoms with Crippen molar-refractivity contribution in [2.45, 2.75) is 6.42 Å². The fourth-order valence-electron chi connectivity index (χ4n) is 1.95. The van der Waals surface area contributed by atoms with Crippen molar-refractivity contribution in [3.63, 3.8) is 0 Å². The maximum absolute atomic E-state index is 11.8. The monoisotopic (exact) mass is 316 g/mol. The Morgan fingerprint density at radius 1 is 0.955 bits per heavy atom. The van der Waals surface area contributed by atoms with Crippen LogP contribution in [0, 0.1) is 0 Å². The summed E-state index contributed by atoms with van der Waals surface area (Å²) in [6.07, 6.45) is 0.693. The molecule has 0 unspecified atom stereocenters. The molecule has 0 fully saturated rings. The van der Waals surface area contributed by atoms with Crippen LogP contribution >= 0.6 is 11.6 Å². The number of carbonyl (C=O) groups excluding carboxylic acids is 2. The molecule has 0 saturated carbocycles. The maximum atomic E-state index is 11.8. The zero-order chi connectivity index (χ0) is 15.8. The highest BCUT2D eigenvalue weighted by Gasteiger charge is 2.06. The third-order valence-electron chi connectivity index (χ3n) is 3.07. The first kappa shape index (κ1) is 16.0. The summed E-state index contributed by atoms with van der Waals surface area (Å²) in [4.78, 5) is 23.5. The van der Waals surface area contributed by atoms with E-state index in [1.165, 1.54) is 0 Å². The molecule has 114 valence electrons. The molecule has 2 aromatic carbocycles. The van der Waals surface area contributed by atoms with E-state index in [4.69, 9.17) is 11.6 Å². The van der Waals surface area contributed by atoms with Gasteiger partial charge in [0.25, 0.3) is 5.91 Å². The van der Waals surface area contributed by atoms with Crippen molar-refractivity contribution in [1.82, 2.24) is 10.6 Å². The van der Waals surface area contributed by atoms with Gasteiger partial charge in [0, 0.05) is 17.1 Å². The van der Waals surface area contributed by atoms with Crippen LogP contribution in [0.2, 0.25) is 5.02 Å². The van der Waals surface area contributed by atoms with Gasteiger partial charge >= 0.3 is 0 Å². The number of hydrogen-bond acceptors (Lipinski definition) is 2. The van der Waals surface area contributed by atoms with Gasteiger partial charge in [0.05, 0.1) is 6.54 Å². The van der Waals surface area contributed by atoms with Crippen LogP contribution < -0.4 is 10.6 Å². The molecule has 5 heteroatoms. The van der Waals surface area contributed by atoms with Gasteiger partial charge in [0.1, 0.15) is 0 Å². The highest BCUT2D eigenvalue weighted by Crippen LogP contribution is 2.10. The molecule has 4 nitrogen and oxygen atoms in total. The van der Waals surface area contributed by atoms with E-state index in [2.05, 4.69) is 10.6 Å². The van der Waals surface area contributed by atoms with E-state index in [1.807, 2.05) is 30.3 Å². The van der Waals surface area contributed by atoms with Crippen molar-refractivity contribution in [2.24, 2.45) is 0 Å². The average molecular weight is 317 g/mol. The molecule has 0 bridgehead atoms. The molecule has 2 amide bonds. The second-order valence-electron chi connectivity index (χ2n) is 4.78. The van der Waals surface area contributed by atoms with Gasteiger partial charge in [-0.05, 0) is 36.2 Å². The summed E-state index contributed by atoms with van der Waals surface area (Å²) >= 11 is 5.89. The molecular weight excluding hydrogens is 300 g/mol. The Kier molecular flexibility index (Phi) is 5.98. The van der Waals surface area contributed by atoms with Crippen LogP contribution in [0.1, 0.15) is 15.9 Å². The normalized spacial score (nSPS) is 10.0. The van der Waals surface area contributed by atoms with E-state index in [1.54, 1.807) is 24.3 Å². The standard InChI is InChI=1S/C17H17ClN2O2/c18-15-8-4-5-13(11-15)9-10-19-16(21)12-20-17(22)14-6-2-1-3-7-14/h1-8,11H,9-10,12H2,(H,19,21)(H,20,22). The smallest absolute Gasteiger partial charge is 0.251 e. The number of rotatable bonds is 6. The predicted octanol–water partition coefficient (Wildman–Crippen LogP) is 2.43. The van der Waals surface area contributed by atoms with Crippen molar-refractivity contribution >= 4 is 23.4 Å². The highest BCUT2D eigenvalue weighted by atomic mass is 35.5. The van der Waals surface area contributed by atoms with Crippen LogP contribution in [0.4, 0.5) is 0 Å². The minimum Gasteiger partial charge on any atom is -0.354 e. The lowest BCUT2D eigenvalue weighted by Crippen LogP contribution is -2.37. The molecule has 0 aliphatic rings. The van der Waals surface area contributed by atoms with Gasteiger partial charge in [-0.25, -0.2) is 0 Å². The Morgan fingerprint density at radius 3 is 2.45 bits per heavy atom. The Balaban J connectivity index is 1.69. The summed E-state index contributed by atoms with van der Waals surface area (Å²) < 4.78 is 0. The Hall–Kier alpha value is -2.33. The summed E-state index contributed by atoms with van der Waals surface area (Å²) in [5, 5.41) is 6.02. The Bertz CT molecular complexity index is 644. The molecule has 2 rings (SSSR count). The summed E-state index contributed by atoms with van der Waals surface area (Å²) in [6, 6.07) is 16.3. The van der Waals surface area contributed by atoms with E-state index < -0.39 is 0 Å². The molecule has 0 aliphatic carbocycles. The molecule has 2 aromatic rings. The van der Waals surface area contributed by atoms with Gasteiger partial charge in [-0.2, -0.15) is 0 Å². The zero-order valence-electron chi connectivity index (χ0n) is 12.0. The highest BCUT2D eigenvalue weighted by molar-refractivity contribution is 6.30. The van der Waals surface area contributed by atoms with Crippen LogP contribution in [-0.2, 0) is 11.2 Å². The fourth-order valence-corrected chi connectivity index (χ4v) is 2.17. The van der Waals surface area contributed by atoms with Gasteiger partial charge in [-0.1, -0.05) is 41.9 Å². The van der Waals surface area contributed by atoms with Crippen molar-refractivity contribution in [3.05, 3.63) is 70.7 Å². The van der Waals surface area contributed by atoms with Crippen molar-refractivity contribution in [3.8, 4) is 0 Å². The van der Waals surface area contributed by atoms with Crippen LogP contribution in [0.5, 0.6) is 0 Å². The van der Waals surface area contributed by atoms with Crippen molar-refractivity contribution in [2.75, 3.05) is 13.1 Å². The second-order valence-corrected chi connectivity index (χ2v) is 5.22. The number of nitrogens with one attached hydrogen (secondary N) is 2. The first-order valence-corrected chi connectivity index (χ1v) is 7.37. The van der Waals surface area contributed by atoms with Crippen molar-refractivity contribution in [1.29, 1.82) is 0 Å². The van der Waals surface area contributed by atoms with E-state index in [0.29, 0.717) is 23.6 Å². The molecule has 0 aliphatic heterocycles. The summed E-state index contributed by atoms with van der Waals surface area (Å²) in [5.74, 6) is -0.475. The van der Waals surface area contributed by atoms with E-state index >= 15 is 0 Å². The number of benzene rings is 2. The predicted molar refractivity (Wildman–Crippen MR) is 86.9 cm³/mol. The lowest BCUT2D eigenvalue weighted by Gasteiger charge is -2.07. The molecule has 0 radical (unpaired) electrons. The average Bonchev–Trinajstić information content (AvgIpc) is 2.53. The van der Waals surface area contributed by atoms with Crippen molar-refractivity contribution < 1.29 is 9.59 Å². The first-order chi connectivity index (χ1) is 10.6. The molecule has 0 aromatic heterocycles. The van der Waals surface area contributed by atoms with Gasteiger partial charge < -0.3 is 10.6 Å². The Morgan fingerprint density at radius 2 is 1.73 bits per heavy atom. The number of halogens is 1. The van der Waals surface area contributed by atoms with Crippen LogP contribution in [0.3, 0.4) is 0 Å². The molecule has 22 heavy (non-hydrogen) atoms. The van der Waals surface area contributed by atoms with E-state index in [-0.39, 0.29) is 18.4 Å². The SMILES string of the molecule is O=C(CNC(=O)c1ccccc1)NCCc1cccc(Cl)c1. The first-order valence-electron chi connectivity index (χ1n) is 6.99. The van der Waals surface area contributed by atoms with Gasteiger partial charge in [0.15, 0.2) is 0 Å². The lowest BCUT2D eigenvalue weighted by molar-refractivity contribution is -0.120. The van der Waals surface area contributed by atoms with Crippen LogP contribution in [-0.4, -0.2) is 24.9 Å². The molecule has 2 N–H and O–H groups in total. The van der Waals surface area contributed by atoms with Gasteiger partial charge in [-0.3, -0.25) is 9.59 Å². The minimum absolute atomic E-state index is 0.0384. The number of hydrogen-bond donors (Lipinski definition) is 2. The lowest BCUT2D eigenvalue weighted by atomic mass is 10.1. The van der Waals surface area contributed by atoms with E-state index in [0.717, 1.165) is 5.56 Å². The van der Waals surface area contributed by atoms with Crippen LogP contribution in [0.25, 0.3) is 0 Å². The summed E-state index contributed by atoms with van der Waals surface area (Å²) in [7, 11) is 0. The maximum Gasteiger partial charge on any atom is 0.251 e. The summed E-state index contributed by atoms with van der Waals surface area (Å²) in [6.45, 7) is 0.462. The topological polar surface area (TPSA) is 58.2 Å². The summed E-state index contributed by atoms with van der Waals surface area (Å²) in [5.41, 5.74) is 1.59. The molecule has 0 heterocycles.